The largest absolute Gasteiger partial charge is 0.480 e. The summed E-state index contributed by atoms with van der Waals surface area (Å²) in [6.45, 7) is -0.483. The van der Waals surface area contributed by atoms with Crippen molar-refractivity contribution in [2.24, 2.45) is 0 Å². The number of aliphatic hydroxyl groups excluding tert-OH is 1. The average molecular weight is 272 g/mol. The molecule has 2 amide bonds. The van der Waals surface area contributed by atoms with E-state index in [2.05, 4.69) is 0 Å². The van der Waals surface area contributed by atoms with Gasteiger partial charge >= 0.3 is 18.2 Å². The predicted molar refractivity (Wildman–Crippen MR) is 55.0 cm³/mol. The quantitative estimate of drug-likeness (QED) is 0.676. The smallest absolute Gasteiger partial charge is 0.406 e. The number of amides is 2. The molecule has 9 heteroatoms. The van der Waals surface area contributed by atoms with Crippen molar-refractivity contribution < 1.29 is 33.0 Å². The molecule has 0 aromatic rings. The lowest BCUT2D eigenvalue weighted by atomic mass is 10.1. The van der Waals surface area contributed by atoms with Crippen LogP contribution < -0.4 is 5.32 Å². The van der Waals surface area contributed by atoms with Gasteiger partial charge in [-0.3, -0.25) is 0 Å². The third-order valence-electron chi connectivity index (χ3n) is 1.98. The zero-order chi connectivity index (χ0) is 14.6. The SMILES string of the molecule is CC(C)(NC(=O)N(CCO)CC(F)(F)F)C(=O)O. The number of carbonyl (C=O) groups is 2. The molecule has 0 aliphatic heterocycles. The minimum Gasteiger partial charge on any atom is -0.480 e. The minimum absolute atomic E-state index is 0.296. The number of nitrogens with one attached hydrogen (secondary N) is 1. The van der Waals surface area contributed by atoms with Crippen LogP contribution in [0.15, 0.2) is 0 Å². The van der Waals surface area contributed by atoms with E-state index in [1.165, 1.54) is 0 Å². The summed E-state index contributed by atoms with van der Waals surface area (Å²) in [7, 11) is 0. The molecule has 0 heterocycles. The molecule has 0 saturated heterocycles. The maximum atomic E-state index is 12.2. The molecule has 0 saturated carbocycles. The summed E-state index contributed by atoms with van der Waals surface area (Å²) < 4.78 is 36.5. The van der Waals surface area contributed by atoms with Gasteiger partial charge in [0.05, 0.1) is 6.61 Å². The third-order valence-corrected chi connectivity index (χ3v) is 1.98. The van der Waals surface area contributed by atoms with E-state index in [1.807, 2.05) is 5.32 Å². The van der Waals surface area contributed by atoms with E-state index < -0.39 is 43.4 Å². The van der Waals surface area contributed by atoms with Crippen LogP contribution in [-0.2, 0) is 4.79 Å². The fourth-order valence-electron chi connectivity index (χ4n) is 0.989. The molecule has 0 rings (SSSR count). The highest BCUT2D eigenvalue weighted by molar-refractivity contribution is 5.85. The molecule has 0 aliphatic rings. The summed E-state index contributed by atoms with van der Waals surface area (Å²) in [5.74, 6) is -1.38. The van der Waals surface area contributed by atoms with Crippen molar-refractivity contribution in [2.45, 2.75) is 25.6 Å². The van der Waals surface area contributed by atoms with Crippen molar-refractivity contribution in [1.29, 1.82) is 0 Å². The molecule has 0 fully saturated rings. The van der Waals surface area contributed by atoms with Crippen LogP contribution >= 0.6 is 0 Å². The first-order valence-corrected chi connectivity index (χ1v) is 4.97. The van der Waals surface area contributed by atoms with E-state index >= 15 is 0 Å². The molecule has 0 spiro atoms. The summed E-state index contributed by atoms with van der Waals surface area (Å²) in [5, 5.41) is 19.3. The van der Waals surface area contributed by atoms with Gasteiger partial charge in [0.15, 0.2) is 0 Å². The molecule has 0 bridgehead atoms. The molecule has 0 aliphatic carbocycles. The first-order valence-electron chi connectivity index (χ1n) is 4.97. The summed E-state index contributed by atoms with van der Waals surface area (Å²) >= 11 is 0. The summed E-state index contributed by atoms with van der Waals surface area (Å²) in [6.07, 6.45) is -4.63. The highest BCUT2D eigenvalue weighted by atomic mass is 19.4. The lowest BCUT2D eigenvalue weighted by Crippen LogP contribution is -2.56. The van der Waals surface area contributed by atoms with Crippen LogP contribution in [-0.4, -0.2) is 58.5 Å². The molecule has 0 aromatic carbocycles. The van der Waals surface area contributed by atoms with Gasteiger partial charge in [-0.25, -0.2) is 9.59 Å². The van der Waals surface area contributed by atoms with Crippen molar-refractivity contribution in [3.63, 3.8) is 0 Å². The first kappa shape index (κ1) is 16.5. The van der Waals surface area contributed by atoms with Crippen molar-refractivity contribution in [3.8, 4) is 0 Å². The second-order valence-electron chi connectivity index (χ2n) is 4.12. The van der Waals surface area contributed by atoms with Gasteiger partial charge in [-0.05, 0) is 13.8 Å². The lowest BCUT2D eigenvalue weighted by molar-refractivity contribution is -0.144. The third kappa shape index (κ3) is 5.71. The number of rotatable bonds is 5. The average Bonchev–Trinajstić information content (AvgIpc) is 2.13. The molecule has 106 valence electrons. The van der Waals surface area contributed by atoms with E-state index in [-0.39, 0.29) is 0 Å². The molecule has 0 atom stereocenters. The van der Waals surface area contributed by atoms with Gasteiger partial charge in [0, 0.05) is 6.54 Å². The van der Waals surface area contributed by atoms with Crippen molar-refractivity contribution in [3.05, 3.63) is 0 Å². The van der Waals surface area contributed by atoms with Crippen LogP contribution in [0.3, 0.4) is 0 Å². The van der Waals surface area contributed by atoms with Crippen molar-refractivity contribution >= 4 is 12.0 Å². The van der Waals surface area contributed by atoms with E-state index in [0.717, 1.165) is 13.8 Å². The highest BCUT2D eigenvalue weighted by Crippen LogP contribution is 2.16. The molecule has 0 unspecified atom stereocenters. The topological polar surface area (TPSA) is 89.9 Å². The maximum Gasteiger partial charge on any atom is 0.406 e. The number of nitrogens with zero attached hydrogens (tertiary/aromatic N) is 1. The Morgan fingerprint density at radius 3 is 2.11 bits per heavy atom. The Kier molecular flexibility index (Phi) is 5.40. The van der Waals surface area contributed by atoms with Crippen LogP contribution in [0.5, 0.6) is 0 Å². The van der Waals surface area contributed by atoms with Gasteiger partial charge < -0.3 is 20.4 Å². The number of carboxylic acid groups (broad SMARTS) is 1. The van der Waals surface area contributed by atoms with E-state index in [9.17, 15) is 22.8 Å². The number of urea groups is 1. The van der Waals surface area contributed by atoms with Crippen LogP contribution in [0.25, 0.3) is 0 Å². The standard InChI is InChI=1S/C9H15F3N2O4/c1-8(2,6(16)17)13-7(18)14(3-4-15)5-9(10,11)12/h15H,3-5H2,1-2H3,(H,13,18)(H,16,17). The normalized spacial score (nSPS) is 12.1. The zero-order valence-electron chi connectivity index (χ0n) is 9.91. The number of alkyl halides is 3. The highest BCUT2D eigenvalue weighted by Gasteiger charge is 2.36. The molecule has 0 aromatic heterocycles. The van der Waals surface area contributed by atoms with Crippen molar-refractivity contribution in [1.82, 2.24) is 10.2 Å². The second-order valence-corrected chi connectivity index (χ2v) is 4.12. The van der Waals surface area contributed by atoms with Gasteiger partial charge in [0.1, 0.15) is 12.1 Å². The van der Waals surface area contributed by atoms with Gasteiger partial charge in [-0.2, -0.15) is 13.2 Å². The zero-order valence-corrected chi connectivity index (χ0v) is 9.91. The van der Waals surface area contributed by atoms with Crippen LogP contribution in [0.4, 0.5) is 18.0 Å². The Bertz CT molecular complexity index is 317. The van der Waals surface area contributed by atoms with Gasteiger partial charge in [0.2, 0.25) is 0 Å². The summed E-state index contributed by atoms with van der Waals surface area (Å²) in [4.78, 5) is 22.5. The van der Waals surface area contributed by atoms with Crippen LogP contribution in [0.1, 0.15) is 13.8 Å². The Morgan fingerprint density at radius 2 is 1.78 bits per heavy atom. The molecular formula is C9H15F3N2O4. The molecule has 6 nitrogen and oxygen atoms in total. The molecule has 3 N–H and O–H groups in total. The maximum absolute atomic E-state index is 12.2. The Labute approximate surface area is 101 Å². The van der Waals surface area contributed by atoms with Crippen LogP contribution in [0.2, 0.25) is 0 Å². The number of hydrogen-bond acceptors (Lipinski definition) is 3. The number of carboxylic acids is 1. The van der Waals surface area contributed by atoms with Gasteiger partial charge in [0.25, 0.3) is 0 Å². The van der Waals surface area contributed by atoms with Crippen molar-refractivity contribution in [2.75, 3.05) is 19.7 Å². The van der Waals surface area contributed by atoms with Crippen LogP contribution in [0, 0.1) is 0 Å². The fourth-order valence-corrected chi connectivity index (χ4v) is 0.989. The monoisotopic (exact) mass is 272 g/mol. The van der Waals surface area contributed by atoms with E-state index in [0.29, 0.717) is 4.90 Å². The van der Waals surface area contributed by atoms with Gasteiger partial charge in [-0.15, -0.1) is 0 Å². The number of halogens is 3. The Balaban J connectivity index is 4.73. The van der Waals surface area contributed by atoms with E-state index in [4.69, 9.17) is 10.2 Å². The minimum atomic E-state index is -4.63. The number of aliphatic hydroxyl groups is 1. The number of hydrogen-bond donors (Lipinski definition) is 3. The first-order chi connectivity index (χ1) is 7.99. The second kappa shape index (κ2) is 5.89. The summed E-state index contributed by atoms with van der Waals surface area (Å²) in [5.41, 5.74) is -1.70. The number of aliphatic carboxylic acids is 1. The lowest BCUT2D eigenvalue weighted by Gasteiger charge is -2.28. The Morgan fingerprint density at radius 1 is 1.28 bits per heavy atom. The predicted octanol–water partition coefficient (Wildman–Crippen LogP) is 0.416. The van der Waals surface area contributed by atoms with E-state index in [1.54, 1.807) is 0 Å². The fraction of sp³-hybridized carbons (Fsp3) is 0.778. The Hall–Kier alpha value is -1.51. The molecular weight excluding hydrogens is 257 g/mol. The molecule has 18 heavy (non-hydrogen) atoms. The molecule has 0 radical (unpaired) electrons. The summed E-state index contributed by atoms with van der Waals surface area (Å²) in [6, 6.07) is -1.20. The van der Waals surface area contributed by atoms with Gasteiger partial charge in [-0.1, -0.05) is 0 Å². The number of carbonyl (C=O) groups excluding carboxylic acids is 1.